The van der Waals surface area contributed by atoms with Crippen molar-refractivity contribution in [2.75, 3.05) is 6.54 Å². The highest BCUT2D eigenvalue weighted by Crippen LogP contribution is 2.19. The molecule has 0 bridgehead atoms. The normalized spacial score (nSPS) is 13.1. The Bertz CT molecular complexity index is 563. The molecule has 116 valence electrons. The number of benzene rings is 2. The molecule has 0 aromatic heterocycles. The first-order valence-electron chi connectivity index (χ1n) is 8.15. The van der Waals surface area contributed by atoms with Gasteiger partial charge in [-0.2, -0.15) is 0 Å². The van der Waals surface area contributed by atoms with E-state index in [9.17, 15) is 5.11 Å². The molecule has 22 heavy (non-hydrogen) atoms. The van der Waals surface area contributed by atoms with Gasteiger partial charge in [0.2, 0.25) is 0 Å². The maximum atomic E-state index is 10.7. The fourth-order valence-corrected chi connectivity index (χ4v) is 2.48. The van der Waals surface area contributed by atoms with E-state index in [-0.39, 0.29) is 0 Å². The third kappa shape index (κ3) is 4.81. The molecule has 1 N–H and O–H groups in total. The monoisotopic (exact) mass is 295 g/mol. The molecule has 0 aliphatic rings. The van der Waals surface area contributed by atoms with Crippen LogP contribution in [0.15, 0.2) is 65.7 Å². The summed E-state index contributed by atoms with van der Waals surface area (Å²) >= 11 is 0. The predicted octanol–water partition coefficient (Wildman–Crippen LogP) is 4.79. The Kier molecular flexibility index (Phi) is 6.85. The van der Waals surface area contributed by atoms with E-state index in [1.54, 1.807) is 0 Å². The Morgan fingerprint density at radius 2 is 1.55 bits per heavy atom. The van der Waals surface area contributed by atoms with Crippen LogP contribution in [-0.2, 0) is 0 Å². The Morgan fingerprint density at radius 3 is 2.18 bits per heavy atom. The first-order chi connectivity index (χ1) is 10.8. The predicted molar refractivity (Wildman–Crippen MR) is 93.4 cm³/mol. The number of aliphatic hydroxyl groups excluding tert-OH is 1. The molecule has 0 spiro atoms. The Hall–Kier alpha value is -1.93. The molecule has 0 radical (unpaired) electrons. The second-order valence-electron chi connectivity index (χ2n) is 5.51. The van der Waals surface area contributed by atoms with E-state index < -0.39 is 6.10 Å². The van der Waals surface area contributed by atoms with Crippen LogP contribution in [0.25, 0.3) is 0 Å². The van der Waals surface area contributed by atoms with E-state index in [0.29, 0.717) is 0 Å². The third-order valence-corrected chi connectivity index (χ3v) is 3.74. The summed E-state index contributed by atoms with van der Waals surface area (Å²) in [6.45, 7) is 2.98. The van der Waals surface area contributed by atoms with Gasteiger partial charge in [0.05, 0.1) is 5.71 Å². The molecule has 2 heteroatoms. The van der Waals surface area contributed by atoms with Crippen molar-refractivity contribution in [1.82, 2.24) is 0 Å². The van der Waals surface area contributed by atoms with Crippen LogP contribution in [0.1, 0.15) is 49.8 Å². The van der Waals surface area contributed by atoms with Gasteiger partial charge in [0, 0.05) is 6.54 Å². The average Bonchev–Trinajstić information content (AvgIpc) is 2.59. The zero-order chi connectivity index (χ0) is 15.6. The number of hydrogen-bond donors (Lipinski definition) is 1. The van der Waals surface area contributed by atoms with Gasteiger partial charge < -0.3 is 5.11 Å². The number of nitrogens with zero attached hydrogens (tertiary/aromatic N) is 1. The third-order valence-electron chi connectivity index (χ3n) is 3.74. The minimum atomic E-state index is -0.672. The van der Waals surface area contributed by atoms with E-state index in [2.05, 4.69) is 6.92 Å². The molecule has 0 fully saturated rings. The summed E-state index contributed by atoms with van der Waals surface area (Å²) in [7, 11) is 0. The smallest absolute Gasteiger partial charge is 0.121 e. The molecule has 1 atom stereocenters. The first kappa shape index (κ1) is 16.4. The molecular formula is C20H25NO. The number of aliphatic hydroxyl groups is 1. The summed E-state index contributed by atoms with van der Waals surface area (Å²) in [5, 5.41) is 10.7. The molecule has 0 aliphatic carbocycles. The molecule has 0 aliphatic heterocycles. The van der Waals surface area contributed by atoms with Crippen LogP contribution < -0.4 is 0 Å². The van der Waals surface area contributed by atoms with E-state index >= 15 is 0 Å². The fraction of sp³-hybridized carbons (Fsp3) is 0.350. The van der Waals surface area contributed by atoms with Gasteiger partial charge in [0.1, 0.15) is 6.10 Å². The van der Waals surface area contributed by atoms with Crippen LogP contribution in [0.2, 0.25) is 0 Å². The zero-order valence-corrected chi connectivity index (χ0v) is 13.3. The van der Waals surface area contributed by atoms with Gasteiger partial charge in [0.15, 0.2) is 0 Å². The number of aliphatic imine (C=N–C) groups is 1. The highest BCUT2D eigenvalue weighted by molar-refractivity contribution is 6.04. The van der Waals surface area contributed by atoms with Crippen LogP contribution in [0.4, 0.5) is 0 Å². The van der Waals surface area contributed by atoms with Crippen LogP contribution >= 0.6 is 0 Å². The molecule has 0 saturated carbocycles. The topological polar surface area (TPSA) is 32.6 Å². The number of rotatable bonds is 8. The Balaban J connectivity index is 2.16. The Morgan fingerprint density at radius 1 is 0.909 bits per heavy atom. The summed E-state index contributed by atoms with van der Waals surface area (Å²) in [5.74, 6) is 0. The van der Waals surface area contributed by atoms with Crippen molar-refractivity contribution in [3.8, 4) is 0 Å². The van der Waals surface area contributed by atoms with Crippen LogP contribution in [-0.4, -0.2) is 17.4 Å². The van der Waals surface area contributed by atoms with Crippen LogP contribution in [0, 0.1) is 0 Å². The summed E-state index contributed by atoms with van der Waals surface area (Å²) in [4.78, 5) is 4.71. The lowest BCUT2D eigenvalue weighted by Crippen LogP contribution is -2.14. The van der Waals surface area contributed by atoms with E-state index in [1.807, 2.05) is 60.7 Å². The quantitative estimate of drug-likeness (QED) is 0.551. The van der Waals surface area contributed by atoms with Crippen LogP contribution in [0.3, 0.4) is 0 Å². The molecule has 0 amide bonds. The van der Waals surface area contributed by atoms with Crippen molar-refractivity contribution < 1.29 is 5.11 Å². The minimum Gasteiger partial charge on any atom is -0.382 e. The Labute approximate surface area is 133 Å². The highest BCUT2D eigenvalue weighted by atomic mass is 16.3. The molecule has 0 heterocycles. The van der Waals surface area contributed by atoms with Crippen molar-refractivity contribution in [1.29, 1.82) is 0 Å². The number of hydrogen-bond acceptors (Lipinski definition) is 2. The standard InChI is InChI=1S/C20H25NO/c1-2-3-4-11-16-21-19(17-12-7-5-8-13-17)20(22)18-14-9-6-10-15-18/h5-10,12-15,20,22H,2-4,11,16H2,1H3. The van der Waals surface area contributed by atoms with Crippen molar-refractivity contribution in [2.45, 2.75) is 38.7 Å². The van der Waals surface area contributed by atoms with E-state index in [4.69, 9.17) is 4.99 Å². The summed E-state index contributed by atoms with van der Waals surface area (Å²) < 4.78 is 0. The van der Waals surface area contributed by atoms with Gasteiger partial charge in [-0.3, -0.25) is 4.99 Å². The molecular weight excluding hydrogens is 270 g/mol. The summed E-state index contributed by atoms with van der Waals surface area (Å²) in [6, 6.07) is 19.7. The lowest BCUT2D eigenvalue weighted by atomic mass is 9.99. The molecule has 1 unspecified atom stereocenters. The first-order valence-corrected chi connectivity index (χ1v) is 8.15. The molecule has 0 saturated heterocycles. The second-order valence-corrected chi connectivity index (χ2v) is 5.51. The van der Waals surface area contributed by atoms with E-state index in [0.717, 1.165) is 29.8 Å². The maximum Gasteiger partial charge on any atom is 0.121 e. The van der Waals surface area contributed by atoms with Crippen molar-refractivity contribution in [3.05, 3.63) is 71.8 Å². The van der Waals surface area contributed by atoms with Gasteiger partial charge >= 0.3 is 0 Å². The van der Waals surface area contributed by atoms with Gasteiger partial charge in [-0.05, 0) is 17.5 Å². The van der Waals surface area contributed by atoms with Gasteiger partial charge in [-0.25, -0.2) is 0 Å². The van der Waals surface area contributed by atoms with Gasteiger partial charge in [-0.15, -0.1) is 0 Å². The molecule has 2 aromatic rings. The number of unbranched alkanes of at least 4 members (excludes halogenated alkanes) is 3. The van der Waals surface area contributed by atoms with Crippen molar-refractivity contribution in [2.24, 2.45) is 4.99 Å². The lowest BCUT2D eigenvalue weighted by molar-refractivity contribution is 0.247. The summed E-state index contributed by atoms with van der Waals surface area (Å²) in [5.41, 5.74) is 2.65. The maximum absolute atomic E-state index is 10.7. The largest absolute Gasteiger partial charge is 0.382 e. The van der Waals surface area contributed by atoms with Crippen molar-refractivity contribution in [3.63, 3.8) is 0 Å². The van der Waals surface area contributed by atoms with E-state index in [1.165, 1.54) is 19.3 Å². The fourth-order valence-electron chi connectivity index (χ4n) is 2.48. The van der Waals surface area contributed by atoms with Gasteiger partial charge in [0.25, 0.3) is 0 Å². The molecule has 2 aromatic carbocycles. The van der Waals surface area contributed by atoms with Gasteiger partial charge in [-0.1, -0.05) is 86.8 Å². The summed E-state index contributed by atoms with van der Waals surface area (Å²) in [6.07, 6.45) is 4.07. The second kappa shape index (κ2) is 9.16. The average molecular weight is 295 g/mol. The molecule has 2 rings (SSSR count). The lowest BCUT2D eigenvalue weighted by Gasteiger charge is -2.15. The minimum absolute atomic E-state index is 0.672. The molecule has 2 nitrogen and oxygen atoms in total. The van der Waals surface area contributed by atoms with Crippen molar-refractivity contribution >= 4 is 5.71 Å². The van der Waals surface area contributed by atoms with Crippen LogP contribution in [0.5, 0.6) is 0 Å². The zero-order valence-electron chi connectivity index (χ0n) is 13.3. The highest BCUT2D eigenvalue weighted by Gasteiger charge is 2.16. The SMILES string of the molecule is CCCCCCN=C(c1ccccc1)C(O)c1ccccc1.